The molecule has 0 spiro atoms. The molecule has 0 saturated carbocycles. The van der Waals surface area contributed by atoms with E-state index in [1.54, 1.807) is 0 Å². The lowest BCUT2D eigenvalue weighted by molar-refractivity contribution is 0.0905. The zero-order valence-electron chi connectivity index (χ0n) is 9.67. The number of fused-ring (bicyclic) bond motifs is 2. The second-order valence-electron chi connectivity index (χ2n) is 5.50. The highest BCUT2D eigenvalue weighted by Crippen LogP contribution is 2.36. The van der Waals surface area contributed by atoms with Crippen LogP contribution in [0.2, 0.25) is 0 Å². The van der Waals surface area contributed by atoms with Crippen molar-refractivity contribution in [2.75, 3.05) is 6.61 Å². The van der Waals surface area contributed by atoms with E-state index in [4.69, 9.17) is 4.74 Å². The van der Waals surface area contributed by atoms with E-state index in [1.807, 2.05) is 0 Å². The van der Waals surface area contributed by atoms with Crippen molar-refractivity contribution in [3.05, 3.63) is 22.9 Å². The second-order valence-corrected chi connectivity index (χ2v) is 5.50. The van der Waals surface area contributed by atoms with Crippen LogP contribution in [0.3, 0.4) is 0 Å². The van der Waals surface area contributed by atoms with Crippen LogP contribution >= 0.6 is 0 Å². The van der Waals surface area contributed by atoms with E-state index < -0.39 is 0 Å². The summed E-state index contributed by atoms with van der Waals surface area (Å²) in [5, 5.41) is 0. The molecule has 0 radical (unpaired) electrons. The molecule has 0 aromatic carbocycles. The van der Waals surface area contributed by atoms with Gasteiger partial charge in [-0.05, 0) is 23.5 Å². The highest BCUT2D eigenvalue weighted by atomic mass is 16.5. The minimum atomic E-state index is 0.0689. The number of hydrogen-bond donors (Lipinski definition) is 0. The van der Waals surface area contributed by atoms with E-state index in [-0.39, 0.29) is 11.2 Å². The number of pyridine rings is 1. The summed E-state index contributed by atoms with van der Waals surface area (Å²) in [7, 11) is 0. The van der Waals surface area contributed by atoms with Crippen LogP contribution < -0.4 is 4.74 Å². The molecular weight excluding hydrogens is 202 g/mol. The Morgan fingerprint density at radius 1 is 1.31 bits per heavy atom. The lowest BCUT2D eigenvalue weighted by Crippen LogP contribution is -2.28. The van der Waals surface area contributed by atoms with Crippen LogP contribution in [0.15, 0.2) is 6.07 Å². The fourth-order valence-electron chi connectivity index (χ4n) is 2.62. The summed E-state index contributed by atoms with van der Waals surface area (Å²) < 4.78 is 5.40. The van der Waals surface area contributed by atoms with E-state index in [0.717, 1.165) is 24.0 Å². The Morgan fingerprint density at radius 2 is 2.12 bits per heavy atom. The maximum Gasteiger partial charge on any atom is 0.217 e. The zero-order valence-corrected chi connectivity index (χ0v) is 9.67. The van der Waals surface area contributed by atoms with Gasteiger partial charge in [0.1, 0.15) is 5.69 Å². The molecule has 2 aliphatic rings. The first-order valence-electron chi connectivity index (χ1n) is 5.74. The molecule has 3 heteroatoms. The van der Waals surface area contributed by atoms with Crippen LogP contribution in [0.4, 0.5) is 0 Å². The Bertz CT molecular complexity index is 477. The number of hydrogen-bond acceptors (Lipinski definition) is 3. The summed E-state index contributed by atoms with van der Waals surface area (Å²) in [5.74, 6) is 0.830. The molecule has 0 bridgehead atoms. The second kappa shape index (κ2) is 3.06. The maximum atomic E-state index is 12.0. The van der Waals surface area contributed by atoms with Crippen molar-refractivity contribution < 1.29 is 9.53 Å². The SMILES string of the molecule is CC1(C)CC(=O)c2nc3c(cc2C1)CCO3. The Morgan fingerprint density at radius 3 is 2.94 bits per heavy atom. The number of aromatic nitrogens is 1. The van der Waals surface area contributed by atoms with Crippen LogP contribution in [0.5, 0.6) is 5.88 Å². The summed E-state index contributed by atoms with van der Waals surface area (Å²) >= 11 is 0. The van der Waals surface area contributed by atoms with Gasteiger partial charge in [-0.2, -0.15) is 0 Å². The normalized spacial score (nSPS) is 21.2. The third-order valence-electron chi connectivity index (χ3n) is 3.32. The molecule has 0 atom stereocenters. The number of nitrogens with zero attached hydrogens (tertiary/aromatic N) is 1. The van der Waals surface area contributed by atoms with E-state index in [0.29, 0.717) is 24.6 Å². The number of ketones is 1. The van der Waals surface area contributed by atoms with Crippen molar-refractivity contribution in [3.8, 4) is 5.88 Å². The molecule has 16 heavy (non-hydrogen) atoms. The Balaban J connectivity index is 2.13. The summed E-state index contributed by atoms with van der Waals surface area (Å²) in [6.07, 6.45) is 2.45. The van der Waals surface area contributed by atoms with Gasteiger partial charge in [-0.3, -0.25) is 4.79 Å². The number of ether oxygens (including phenoxy) is 1. The quantitative estimate of drug-likeness (QED) is 0.668. The van der Waals surface area contributed by atoms with Crippen molar-refractivity contribution >= 4 is 5.78 Å². The third-order valence-corrected chi connectivity index (χ3v) is 3.32. The first-order chi connectivity index (χ1) is 7.55. The molecule has 2 heterocycles. The van der Waals surface area contributed by atoms with E-state index in [1.165, 1.54) is 0 Å². The topological polar surface area (TPSA) is 39.2 Å². The molecule has 3 nitrogen and oxygen atoms in total. The molecule has 0 fully saturated rings. The molecule has 84 valence electrons. The highest BCUT2D eigenvalue weighted by Gasteiger charge is 2.33. The van der Waals surface area contributed by atoms with Gasteiger partial charge in [-0.15, -0.1) is 0 Å². The summed E-state index contributed by atoms with van der Waals surface area (Å²) in [4.78, 5) is 16.4. The highest BCUT2D eigenvalue weighted by molar-refractivity contribution is 5.97. The van der Waals surface area contributed by atoms with Gasteiger partial charge < -0.3 is 4.74 Å². The minimum Gasteiger partial charge on any atom is -0.477 e. The van der Waals surface area contributed by atoms with Gasteiger partial charge in [0.25, 0.3) is 0 Å². The largest absolute Gasteiger partial charge is 0.477 e. The van der Waals surface area contributed by atoms with Gasteiger partial charge in [-0.25, -0.2) is 4.98 Å². The van der Waals surface area contributed by atoms with Gasteiger partial charge in [0.05, 0.1) is 6.61 Å². The first-order valence-corrected chi connectivity index (χ1v) is 5.74. The van der Waals surface area contributed by atoms with Crippen LogP contribution in [0.25, 0.3) is 0 Å². The van der Waals surface area contributed by atoms with Gasteiger partial charge >= 0.3 is 0 Å². The van der Waals surface area contributed by atoms with Crippen molar-refractivity contribution in [2.45, 2.75) is 33.1 Å². The number of carbonyl (C=O) groups excluding carboxylic acids is 1. The summed E-state index contributed by atoms with van der Waals surface area (Å²) in [5.41, 5.74) is 2.97. The predicted octanol–water partition coefficient (Wildman–Crippen LogP) is 2.17. The number of carbonyl (C=O) groups is 1. The lowest BCUT2D eigenvalue weighted by atomic mass is 9.75. The van der Waals surface area contributed by atoms with Gasteiger partial charge in [0.2, 0.25) is 5.88 Å². The molecule has 0 unspecified atom stereocenters. The molecule has 0 amide bonds. The van der Waals surface area contributed by atoms with Crippen molar-refractivity contribution in [2.24, 2.45) is 5.41 Å². The summed E-state index contributed by atoms with van der Waals surface area (Å²) in [6.45, 7) is 4.97. The van der Waals surface area contributed by atoms with Gasteiger partial charge in [-0.1, -0.05) is 13.8 Å². The third kappa shape index (κ3) is 1.42. The molecule has 1 aromatic heterocycles. The van der Waals surface area contributed by atoms with Gasteiger partial charge in [0.15, 0.2) is 5.78 Å². The van der Waals surface area contributed by atoms with E-state index >= 15 is 0 Å². The zero-order chi connectivity index (χ0) is 11.3. The van der Waals surface area contributed by atoms with Crippen LogP contribution in [-0.2, 0) is 12.8 Å². The van der Waals surface area contributed by atoms with Crippen molar-refractivity contribution in [1.82, 2.24) is 4.98 Å². The molecular formula is C13H15NO2. The minimum absolute atomic E-state index is 0.0689. The van der Waals surface area contributed by atoms with Crippen LogP contribution in [0, 0.1) is 5.41 Å². The molecule has 3 rings (SSSR count). The maximum absolute atomic E-state index is 12.0. The van der Waals surface area contributed by atoms with E-state index in [2.05, 4.69) is 24.9 Å². The lowest BCUT2D eigenvalue weighted by Gasteiger charge is -2.29. The Kier molecular flexibility index (Phi) is 1.88. The van der Waals surface area contributed by atoms with Gasteiger partial charge in [0, 0.05) is 18.4 Å². The fraction of sp³-hybridized carbons (Fsp3) is 0.538. The molecule has 0 N–H and O–H groups in total. The predicted molar refractivity (Wildman–Crippen MR) is 59.9 cm³/mol. The van der Waals surface area contributed by atoms with Crippen LogP contribution in [-0.4, -0.2) is 17.4 Å². The Labute approximate surface area is 94.8 Å². The average Bonchev–Trinajstić information content (AvgIpc) is 2.60. The smallest absolute Gasteiger partial charge is 0.217 e. The first kappa shape index (κ1) is 9.82. The van der Waals surface area contributed by atoms with E-state index in [9.17, 15) is 4.79 Å². The molecule has 1 aliphatic heterocycles. The molecule has 1 aliphatic carbocycles. The number of rotatable bonds is 0. The standard InChI is InChI=1S/C13H15NO2/c1-13(2)6-9-5-8-3-4-16-12(8)14-11(9)10(15)7-13/h5H,3-4,6-7H2,1-2H3. The molecule has 1 aromatic rings. The van der Waals surface area contributed by atoms with Crippen molar-refractivity contribution in [1.29, 1.82) is 0 Å². The van der Waals surface area contributed by atoms with Crippen molar-refractivity contribution in [3.63, 3.8) is 0 Å². The number of Topliss-reactive ketones (excluding diaryl/α,β-unsaturated/α-hetero) is 1. The fourth-order valence-corrected chi connectivity index (χ4v) is 2.62. The van der Waals surface area contributed by atoms with Crippen LogP contribution in [0.1, 0.15) is 41.9 Å². The summed E-state index contributed by atoms with van der Waals surface area (Å²) in [6, 6.07) is 2.11. The monoisotopic (exact) mass is 217 g/mol. The average molecular weight is 217 g/mol. The molecule has 0 saturated heterocycles. The Hall–Kier alpha value is -1.38.